The van der Waals surface area contributed by atoms with Crippen molar-refractivity contribution in [2.24, 2.45) is 0 Å². The summed E-state index contributed by atoms with van der Waals surface area (Å²) in [5.41, 5.74) is 0.779. The van der Waals surface area contributed by atoms with Crippen molar-refractivity contribution in [1.29, 1.82) is 0 Å². The largest absolute Gasteiger partial charge is 0.497 e. The predicted octanol–water partition coefficient (Wildman–Crippen LogP) is 0.284. The van der Waals surface area contributed by atoms with Gasteiger partial charge in [0.15, 0.2) is 0 Å². The molecular weight excluding hydrogens is 262 g/mol. The number of carbonyl (C=O) groups excluding carboxylic acids is 1. The second-order valence-electron chi connectivity index (χ2n) is 4.81. The third-order valence-electron chi connectivity index (χ3n) is 3.40. The lowest BCUT2D eigenvalue weighted by atomic mass is 10.1. The molecule has 1 unspecified atom stereocenters. The average Bonchev–Trinajstić information content (AvgIpc) is 2.82. The quantitative estimate of drug-likeness (QED) is 0.827. The normalized spacial score (nSPS) is 21.8. The standard InChI is InChI=1S/C14H17NO5/c1-20-11-4-2-9(3-5-11)6-13(17)15-8-10(16)7-12(15)14(18)19/h2-5,10,12,16H,6-8H2,1H3,(H,18,19)/t10?,12-/m0/s1. The van der Waals surface area contributed by atoms with Gasteiger partial charge in [0, 0.05) is 13.0 Å². The van der Waals surface area contributed by atoms with Gasteiger partial charge in [0.2, 0.25) is 5.91 Å². The number of carboxylic acids is 1. The van der Waals surface area contributed by atoms with E-state index in [4.69, 9.17) is 9.84 Å². The van der Waals surface area contributed by atoms with Crippen LogP contribution in [-0.2, 0) is 16.0 Å². The number of rotatable bonds is 4. The molecule has 1 aliphatic heterocycles. The molecule has 2 rings (SSSR count). The molecule has 1 amide bonds. The summed E-state index contributed by atoms with van der Waals surface area (Å²) in [5.74, 6) is -0.676. The lowest BCUT2D eigenvalue weighted by molar-refractivity contribution is -0.148. The van der Waals surface area contributed by atoms with E-state index in [0.29, 0.717) is 5.75 Å². The molecule has 0 aliphatic carbocycles. The van der Waals surface area contributed by atoms with Crippen LogP contribution in [0.1, 0.15) is 12.0 Å². The van der Waals surface area contributed by atoms with Gasteiger partial charge in [-0.3, -0.25) is 4.79 Å². The van der Waals surface area contributed by atoms with Crippen molar-refractivity contribution in [3.8, 4) is 5.75 Å². The highest BCUT2D eigenvalue weighted by molar-refractivity contribution is 5.85. The smallest absolute Gasteiger partial charge is 0.326 e. The summed E-state index contributed by atoms with van der Waals surface area (Å²) in [7, 11) is 1.56. The summed E-state index contributed by atoms with van der Waals surface area (Å²) in [5, 5.41) is 18.6. The SMILES string of the molecule is COc1ccc(CC(=O)N2CC(O)C[C@H]2C(=O)O)cc1. The summed E-state index contributed by atoms with van der Waals surface area (Å²) >= 11 is 0. The summed E-state index contributed by atoms with van der Waals surface area (Å²) < 4.78 is 5.03. The zero-order chi connectivity index (χ0) is 14.7. The van der Waals surface area contributed by atoms with E-state index in [9.17, 15) is 14.7 Å². The van der Waals surface area contributed by atoms with Gasteiger partial charge in [0.25, 0.3) is 0 Å². The molecule has 0 saturated carbocycles. The Hall–Kier alpha value is -2.08. The van der Waals surface area contributed by atoms with Gasteiger partial charge in [0.05, 0.1) is 19.6 Å². The van der Waals surface area contributed by atoms with E-state index in [-0.39, 0.29) is 25.3 Å². The maximum absolute atomic E-state index is 12.1. The highest BCUT2D eigenvalue weighted by Crippen LogP contribution is 2.20. The molecule has 1 aromatic rings. The van der Waals surface area contributed by atoms with E-state index in [1.54, 1.807) is 31.4 Å². The predicted molar refractivity (Wildman–Crippen MR) is 70.5 cm³/mol. The Balaban J connectivity index is 2.04. The number of carbonyl (C=O) groups is 2. The number of methoxy groups -OCH3 is 1. The Morgan fingerprint density at radius 2 is 2.00 bits per heavy atom. The van der Waals surface area contributed by atoms with Crippen molar-refractivity contribution in [3.63, 3.8) is 0 Å². The summed E-state index contributed by atoms with van der Waals surface area (Å²) in [6.45, 7) is 0.0754. The topological polar surface area (TPSA) is 87.1 Å². The summed E-state index contributed by atoms with van der Waals surface area (Å²) in [4.78, 5) is 24.5. The van der Waals surface area contributed by atoms with Crippen LogP contribution < -0.4 is 4.74 Å². The Bertz CT molecular complexity index is 499. The van der Waals surface area contributed by atoms with Crippen molar-refractivity contribution in [3.05, 3.63) is 29.8 Å². The number of amides is 1. The number of carboxylic acid groups (broad SMARTS) is 1. The molecule has 1 fully saturated rings. The highest BCUT2D eigenvalue weighted by Gasteiger charge is 2.38. The van der Waals surface area contributed by atoms with Crippen LogP contribution in [-0.4, -0.2) is 52.8 Å². The third kappa shape index (κ3) is 3.08. The van der Waals surface area contributed by atoms with E-state index < -0.39 is 18.1 Å². The van der Waals surface area contributed by atoms with E-state index >= 15 is 0 Å². The van der Waals surface area contributed by atoms with Crippen molar-refractivity contribution in [1.82, 2.24) is 4.90 Å². The van der Waals surface area contributed by atoms with Crippen molar-refractivity contribution >= 4 is 11.9 Å². The molecule has 1 aromatic carbocycles. The van der Waals surface area contributed by atoms with E-state index in [0.717, 1.165) is 5.56 Å². The van der Waals surface area contributed by atoms with Crippen LogP contribution in [0.25, 0.3) is 0 Å². The fourth-order valence-corrected chi connectivity index (χ4v) is 2.34. The molecule has 1 aliphatic rings. The number of nitrogens with zero attached hydrogens (tertiary/aromatic N) is 1. The third-order valence-corrected chi connectivity index (χ3v) is 3.40. The first-order valence-corrected chi connectivity index (χ1v) is 6.34. The first-order valence-electron chi connectivity index (χ1n) is 6.34. The number of aliphatic hydroxyl groups is 1. The second-order valence-corrected chi connectivity index (χ2v) is 4.81. The number of aliphatic carboxylic acids is 1. The first kappa shape index (κ1) is 14.3. The minimum Gasteiger partial charge on any atom is -0.497 e. The maximum atomic E-state index is 12.1. The zero-order valence-corrected chi connectivity index (χ0v) is 11.2. The maximum Gasteiger partial charge on any atom is 0.326 e. The van der Waals surface area contributed by atoms with Crippen LogP contribution in [0.5, 0.6) is 5.75 Å². The van der Waals surface area contributed by atoms with E-state index in [2.05, 4.69) is 0 Å². The van der Waals surface area contributed by atoms with E-state index in [1.807, 2.05) is 0 Å². The van der Waals surface area contributed by atoms with Gasteiger partial charge in [-0.2, -0.15) is 0 Å². The van der Waals surface area contributed by atoms with Gasteiger partial charge in [-0.1, -0.05) is 12.1 Å². The number of hydrogen-bond acceptors (Lipinski definition) is 4. The molecule has 6 nitrogen and oxygen atoms in total. The molecule has 0 bridgehead atoms. The molecule has 20 heavy (non-hydrogen) atoms. The lowest BCUT2D eigenvalue weighted by Gasteiger charge is -2.21. The number of likely N-dealkylation sites (tertiary alicyclic amines) is 1. The molecule has 6 heteroatoms. The van der Waals surface area contributed by atoms with Crippen LogP contribution in [0.15, 0.2) is 24.3 Å². The Labute approximate surface area is 116 Å². The van der Waals surface area contributed by atoms with Crippen molar-refractivity contribution in [2.75, 3.05) is 13.7 Å². The molecule has 0 aromatic heterocycles. The van der Waals surface area contributed by atoms with Gasteiger partial charge in [0.1, 0.15) is 11.8 Å². The van der Waals surface area contributed by atoms with Gasteiger partial charge in [-0.15, -0.1) is 0 Å². The minimum absolute atomic E-state index is 0.0754. The fraction of sp³-hybridized carbons (Fsp3) is 0.429. The van der Waals surface area contributed by atoms with Gasteiger partial charge in [-0.05, 0) is 17.7 Å². The zero-order valence-electron chi connectivity index (χ0n) is 11.2. The summed E-state index contributed by atoms with van der Waals surface area (Å²) in [6, 6.07) is 6.08. The first-order chi connectivity index (χ1) is 9.51. The molecule has 108 valence electrons. The molecule has 1 heterocycles. The Morgan fingerprint density at radius 3 is 2.55 bits per heavy atom. The van der Waals surface area contributed by atoms with Gasteiger partial charge in [-0.25, -0.2) is 4.79 Å². The van der Waals surface area contributed by atoms with Crippen molar-refractivity contribution < 1.29 is 24.5 Å². The number of ether oxygens (including phenoxy) is 1. The number of hydrogen-bond donors (Lipinski definition) is 2. The van der Waals surface area contributed by atoms with Crippen LogP contribution in [0, 0.1) is 0 Å². The number of benzene rings is 1. The fourth-order valence-electron chi connectivity index (χ4n) is 2.34. The van der Waals surface area contributed by atoms with Crippen molar-refractivity contribution in [2.45, 2.75) is 25.0 Å². The molecular formula is C14H17NO5. The average molecular weight is 279 g/mol. The van der Waals surface area contributed by atoms with E-state index in [1.165, 1.54) is 4.90 Å². The van der Waals surface area contributed by atoms with Gasteiger partial charge >= 0.3 is 5.97 Å². The Kier molecular flexibility index (Phi) is 4.24. The van der Waals surface area contributed by atoms with Crippen LogP contribution in [0.3, 0.4) is 0 Å². The molecule has 2 N–H and O–H groups in total. The molecule has 0 spiro atoms. The highest BCUT2D eigenvalue weighted by atomic mass is 16.5. The van der Waals surface area contributed by atoms with Gasteiger partial charge < -0.3 is 19.8 Å². The lowest BCUT2D eigenvalue weighted by Crippen LogP contribution is -2.41. The van der Waals surface area contributed by atoms with Crippen LogP contribution >= 0.6 is 0 Å². The second kappa shape index (κ2) is 5.92. The monoisotopic (exact) mass is 279 g/mol. The van der Waals surface area contributed by atoms with Crippen LogP contribution in [0.2, 0.25) is 0 Å². The number of β-amino-alcohol motifs (C(OH)–C–C–N with tert-alkyl or cyclic N) is 1. The Morgan fingerprint density at radius 1 is 1.35 bits per heavy atom. The minimum atomic E-state index is -1.08. The van der Waals surface area contributed by atoms with Crippen LogP contribution in [0.4, 0.5) is 0 Å². The molecule has 2 atom stereocenters. The number of aliphatic hydroxyl groups excluding tert-OH is 1. The summed E-state index contributed by atoms with van der Waals surface area (Å²) in [6.07, 6.45) is -0.569. The molecule has 1 saturated heterocycles. The molecule has 0 radical (unpaired) electrons.